The van der Waals surface area contributed by atoms with Crippen molar-refractivity contribution in [2.75, 3.05) is 10.6 Å². The molecule has 1 amide bonds. The van der Waals surface area contributed by atoms with Crippen LogP contribution in [0.3, 0.4) is 0 Å². The summed E-state index contributed by atoms with van der Waals surface area (Å²) < 4.78 is 3.67. The highest BCUT2D eigenvalue weighted by Gasteiger charge is 2.09. The first kappa shape index (κ1) is 19.5. The average molecular weight is 438 g/mol. The smallest absolute Gasteiger partial charge is 0.277 e. The van der Waals surface area contributed by atoms with Gasteiger partial charge in [-0.15, -0.1) is 5.10 Å². The van der Waals surface area contributed by atoms with Gasteiger partial charge >= 0.3 is 0 Å². The summed E-state index contributed by atoms with van der Waals surface area (Å²) in [7, 11) is 0. The van der Waals surface area contributed by atoms with E-state index in [1.165, 1.54) is 0 Å². The first-order valence-corrected chi connectivity index (χ1v) is 9.68. The Morgan fingerprint density at radius 1 is 1.04 bits per heavy atom. The van der Waals surface area contributed by atoms with E-state index in [4.69, 9.17) is 35.4 Å². The number of rotatable bonds is 5. The molecule has 138 valence electrons. The number of nitrogens with one attached hydrogen (secondary N) is 3. The fourth-order valence-corrected chi connectivity index (χ4v) is 3.05. The molecule has 1 aromatic heterocycles. The van der Waals surface area contributed by atoms with Gasteiger partial charge in [0.05, 0.1) is 10.0 Å². The molecule has 0 saturated heterocycles. The van der Waals surface area contributed by atoms with Crippen LogP contribution < -0.4 is 16.0 Å². The standard InChI is InChI=1S/C17H13Cl2N5OS2/c18-13-6-1-10(7-14(13)19)8-20-17(26)22-12-4-2-11(3-5-12)21-16(25)15-9-27-24-23-15/h1-7,9H,8H2,(H,21,25)(H2,20,22,26). The molecule has 0 atom stereocenters. The van der Waals surface area contributed by atoms with E-state index < -0.39 is 0 Å². The van der Waals surface area contributed by atoms with Gasteiger partial charge in [0.1, 0.15) is 0 Å². The fourth-order valence-electron chi connectivity index (χ4n) is 2.10. The van der Waals surface area contributed by atoms with Crippen LogP contribution in [0.25, 0.3) is 0 Å². The van der Waals surface area contributed by atoms with Crippen molar-refractivity contribution in [3.05, 3.63) is 69.1 Å². The summed E-state index contributed by atoms with van der Waals surface area (Å²) in [6.45, 7) is 0.512. The highest BCUT2D eigenvalue weighted by atomic mass is 35.5. The molecule has 0 bridgehead atoms. The van der Waals surface area contributed by atoms with Gasteiger partial charge in [-0.3, -0.25) is 4.79 Å². The summed E-state index contributed by atoms with van der Waals surface area (Å²) in [5, 5.41) is 15.7. The van der Waals surface area contributed by atoms with Gasteiger partial charge in [-0.1, -0.05) is 33.8 Å². The number of carbonyl (C=O) groups is 1. The van der Waals surface area contributed by atoms with Gasteiger partial charge in [-0.25, -0.2) is 0 Å². The summed E-state index contributed by atoms with van der Waals surface area (Å²) in [5.74, 6) is -0.303. The fraction of sp³-hybridized carbons (Fsp3) is 0.0588. The maximum atomic E-state index is 11.9. The van der Waals surface area contributed by atoms with Crippen LogP contribution in [0.1, 0.15) is 16.1 Å². The van der Waals surface area contributed by atoms with Crippen molar-refractivity contribution >= 4 is 69.3 Å². The van der Waals surface area contributed by atoms with E-state index >= 15 is 0 Å². The van der Waals surface area contributed by atoms with Crippen molar-refractivity contribution in [1.29, 1.82) is 0 Å². The van der Waals surface area contributed by atoms with E-state index in [-0.39, 0.29) is 11.6 Å². The van der Waals surface area contributed by atoms with Gasteiger partial charge in [0.15, 0.2) is 10.8 Å². The van der Waals surface area contributed by atoms with Gasteiger partial charge < -0.3 is 16.0 Å². The third-order valence-corrected chi connectivity index (χ3v) is 4.92. The van der Waals surface area contributed by atoms with E-state index in [1.807, 2.05) is 18.2 Å². The predicted octanol–water partition coefficient (Wildman–Crippen LogP) is 4.58. The molecule has 0 radical (unpaired) electrons. The number of hydrogen-bond acceptors (Lipinski definition) is 5. The second kappa shape index (κ2) is 9.09. The quantitative estimate of drug-likeness (QED) is 0.506. The molecule has 0 aliphatic carbocycles. The lowest BCUT2D eigenvalue weighted by atomic mass is 10.2. The largest absolute Gasteiger partial charge is 0.358 e. The molecule has 6 nitrogen and oxygen atoms in total. The van der Waals surface area contributed by atoms with Crippen molar-refractivity contribution < 1.29 is 4.79 Å². The van der Waals surface area contributed by atoms with Gasteiger partial charge in [-0.2, -0.15) is 0 Å². The second-order valence-electron chi connectivity index (χ2n) is 5.38. The van der Waals surface area contributed by atoms with Crippen molar-refractivity contribution in [3.63, 3.8) is 0 Å². The summed E-state index contributed by atoms with van der Waals surface area (Å²) in [6, 6.07) is 12.5. The van der Waals surface area contributed by atoms with Crippen molar-refractivity contribution in [2.24, 2.45) is 0 Å². The van der Waals surface area contributed by atoms with Gasteiger partial charge in [0.25, 0.3) is 5.91 Å². The first-order valence-electron chi connectivity index (χ1n) is 7.68. The molecule has 2 aromatic carbocycles. The topological polar surface area (TPSA) is 78.9 Å². The van der Waals surface area contributed by atoms with Crippen LogP contribution in [0.15, 0.2) is 47.8 Å². The van der Waals surface area contributed by atoms with E-state index in [0.717, 1.165) is 22.8 Å². The molecule has 10 heteroatoms. The summed E-state index contributed by atoms with van der Waals surface area (Å²) in [4.78, 5) is 11.9. The minimum absolute atomic E-state index is 0.287. The molecule has 3 N–H and O–H groups in total. The Morgan fingerprint density at radius 2 is 1.74 bits per heavy atom. The maximum absolute atomic E-state index is 11.9. The third kappa shape index (κ3) is 5.61. The highest BCUT2D eigenvalue weighted by molar-refractivity contribution is 7.80. The van der Waals surface area contributed by atoms with E-state index in [0.29, 0.717) is 27.4 Å². The van der Waals surface area contributed by atoms with Gasteiger partial charge in [0, 0.05) is 23.3 Å². The van der Waals surface area contributed by atoms with Crippen LogP contribution in [0.2, 0.25) is 10.0 Å². The van der Waals surface area contributed by atoms with E-state index in [9.17, 15) is 4.79 Å². The highest BCUT2D eigenvalue weighted by Crippen LogP contribution is 2.22. The molecule has 0 unspecified atom stereocenters. The molecule has 0 aliphatic rings. The van der Waals surface area contributed by atoms with Crippen LogP contribution >= 0.6 is 47.0 Å². The summed E-state index contributed by atoms with van der Waals surface area (Å²) in [6.07, 6.45) is 0. The predicted molar refractivity (Wildman–Crippen MR) is 114 cm³/mol. The maximum Gasteiger partial charge on any atom is 0.277 e. The molecular formula is C17H13Cl2N5OS2. The zero-order valence-electron chi connectivity index (χ0n) is 13.7. The van der Waals surface area contributed by atoms with Crippen molar-refractivity contribution in [2.45, 2.75) is 6.54 Å². The lowest BCUT2D eigenvalue weighted by Crippen LogP contribution is -2.27. The summed E-state index contributed by atoms with van der Waals surface area (Å²) >= 11 is 18.3. The number of halogens is 2. The van der Waals surface area contributed by atoms with Crippen LogP contribution in [-0.4, -0.2) is 20.6 Å². The minimum atomic E-state index is -0.303. The Hall–Kier alpha value is -2.26. The minimum Gasteiger partial charge on any atom is -0.358 e. The Morgan fingerprint density at radius 3 is 2.37 bits per heavy atom. The van der Waals surface area contributed by atoms with Crippen LogP contribution in [0.4, 0.5) is 11.4 Å². The zero-order valence-corrected chi connectivity index (χ0v) is 16.8. The molecule has 1 heterocycles. The number of carbonyl (C=O) groups excluding carboxylic acids is 1. The third-order valence-electron chi connectivity index (χ3n) is 3.43. The van der Waals surface area contributed by atoms with Gasteiger partial charge in [-0.05, 0) is 65.7 Å². The Labute approximate surface area is 175 Å². The Balaban J connectivity index is 1.50. The summed E-state index contributed by atoms with van der Waals surface area (Å²) in [5.41, 5.74) is 2.68. The number of hydrogen-bond donors (Lipinski definition) is 3. The van der Waals surface area contributed by atoms with E-state index in [1.54, 1.807) is 29.6 Å². The average Bonchev–Trinajstić information content (AvgIpc) is 3.19. The monoisotopic (exact) mass is 437 g/mol. The zero-order chi connectivity index (χ0) is 19.2. The number of benzene rings is 2. The SMILES string of the molecule is O=C(Nc1ccc(NC(=S)NCc2ccc(Cl)c(Cl)c2)cc1)c1csnn1. The number of aromatic nitrogens is 2. The normalized spacial score (nSPS) is 10.3. The van der Waals surface area contributed by atoms with Crippen molar-refractivity contribution in [1.82, 2.24) is 14.9 Å². The molecular weight excluding hydrogens is 425 g/mol. The lowest BCUT2D eigenvalue weighted by Gasteiger charge is -2.12. The molecule has 3 rings (SSSR count). The number of nitrogens with zero attached hydrogens (tertiary/aromatic N) is 2. The number of thiocarbonyl (C=S) groups is 1. The molecule has 0 spiro atoms. The number of anilines is 2. The Bertz CT molecular complexity index is 948. The molecule has 3 aromatic rings. The van der Waals surface area contributed by atoms with Crippen molar-refractivity contribution in [3.8, 4) is 0 Å². The van der Waals surface area contributed by atoms with Gasteiger partial charge in [0.2, 0.25) is 0 Å². The molecule has 0 aliphatic heterocycles. The first-order chi connectivity index (χ1) is 13.0. The number of amides is 1. The van der Waals surface area contributed by atoms with Crippen LogP contribution in [-0.2, 0) is 6.54 Å². The van der Waals surface area contributed by atoms with E-state index in [2.05, 4.69) is 25.5 Å². The van der Waals surface area contributed by atoms with Crippen LogP contribution in [0, 0.1) is 0 Å². The molecule has 27 heavy (non-hydrogen) atoms. The molecule has 0 saturated carbocycles. The Kier molecular flexibility index (Phi) is 6.57. The lowest BCUT2D eigenvalue weighted by molar-refractivity contribution is 0.102. The second-order valence-corrected chi connectivity index (χ2v) is 7.21. The van der Waals surface area contributed by atoms with Crippen LogP contribution in [0.5, 0.6) is 0 Å². The molecule has 0 fully saturated rings.